The second-order valence-electron chi connectivity index (χ2n) is 10.6. The lowest BCUT2D eigenvalue weighted by Gasteiger charge is -2.07. The molecule has 0 aliphatic heterocycles. The zero-order valence-electron chi connectivity index (χ0n) is 23.2. The predicted octanol–water partition coefficient (Wildman–Crippen LogP) is 9.96. The van der Waals surface area contributed by atoms with Crippen molar-refractivity contribution in [2.24, 2.45) is 0 Å². The monoisotopic (exact) mass is 461 g/mol. The molecular formula is C31H61N2+. The number of rotatable bonds is 25. The summed E-state index contributed by atoms with van der Waals surface area (Å²) in [7, 11) is 0. The summed E-state index contributed by atoms with van der Waals surface area (Å²) in [5, 5.41) is 0. The third-order valence-corrected chi connectivity index (χ3v) is 7.35. The van der Waals surface area contributed by atoms with E-state index < -0.39 is 0 Å². The van der Waals surface area contributed by atoms with Crippen LogP contribution in [0.2, 0.25) is 0 Å². The average Bonchev–Trinajstić information content (AvgIpc) is 3.21. The molecule has 0 fully saturated rings. The zero-order chi connectivity index (χ0) is 23.8. The molecule has 0 aromatic carbocycles. The number of hydrogen-bond acceptors (Lipinski definition) is 0. The van der Waals surface area contributed by atoms with Crippen LogP contribution in [0.4, 0.5) is 0 Å². The van der Waals surface area contributed by atoms with E-state index in [4.69, 9.17) is 0 Å². The van der Waals surface area contributed by atoms with E-state index in [2.05, 4.69) is 42.3 Å². The van der Waals surface area contributed by atoms with Gasteiger partial charge in [0, 0.05) is 6.42 Å². The van der Waals surface area contributed by atoms with Crippen LogP contribution < -0.4 is 4.57 Å². The Kier molecular flexibility index (Phi) is 21.1. The molecule has 0 aliphatic rings. The fourth-order valence-electron chi connectivity index (χ4n) is 5.09. The first-order valence-corrected chi connectivity index (χ1v) is 15.4. The van der Waals surface area contributed by atoms with Crippen LogP contribution in [0, 0.1) is 0 Å². The first-order chi connectivity index (χ1) is 16.3. The molecule has 0 spiro atoms. The second kappa shape index (κ2) is 23.0. The van der Waals surface area contributed by atoms with Crippen molar-refractivity contribution in [3.63, 3.8) is 0 Å². The van der Waals surface area contributed by atoms with E-state index in [1.54, 1.807) is 5.82 Å². The molecule has 1 aromatic rings. The van der Waals surface area contributed by atoms with Gasteiger partial charge in [-0.3, -0.25) is 0 Å². The molecule has 1 aromatic heterocycles. The molecule has 0 atom stereocenters. The quantitative estimate of drug-likeness (QED) is 0.101. The van der Waals surface area contributed by atoms with E-state index in [0.717, 1.165) is 0 Å². The van der Waals surface area contributed by atoms with Gasteiger partial charge in [0.1, 0.15) is 12.4 Å². The summed E-state index contributed by atoms with van der Waals surface area (Å²) >= 11 is 0. The fraction of sp³-hybridized carbons (Fsp3) is 0.903. The number of hydrogen-bond donors (Lipinski definition) is 0. The Balaban J connectivity index is 2.37. The van der Waals surface area contributed by atoms with Gasteiger partial charge in [-0.05, 0) is 32.1 Å². The van der Waals surface area contributed by atoms with Crippen molar-refractivity contribution < 1.29 is 4.57 Å². The summed E-state index contributed by atoms with van der Waals surface area (Å²) in [6.45, 7) is 9.38. The third-order valence-electron chi connectivity index (χ3n) is 7.35. The number of unbranched alkanes of at least 4 members (excludes halogenated alkanes) is 19. The molecule has 0 unspecified atom stereocenters. The summed E-state index contributed by atoms with van der Waals surface area (Å²) in [6.07, 6.45) is 37.0. The normalized spacial score (nSPS) is 11.5. The molecule has 194 valence electrons. The molecule has 0 N–H and O–H groups in total. The maximum Gasteiger partial charge on any atom is 0.256 e. The molecule has 0 radical (unpaired) electrons. The Bertz CT molecular complexity index is 519. The summed E-state index contributed by atoms with van der Waals surface area (Å²) in [6, 6.07) is 0. The van der Waals surface area contributed by atoms with Crippen molar-refractivity contribution in [2.45, 2.75) is 182 Å². The Morgan fingerprint density at radius 1 is 0.515 bits per heavy atom. The van der Waals surface area contributed by atoms with Gasteiger partial charge in [-0.15, -0.1) is 0 Å². The molecular weight excluding hydrogens is 400 g/mol. The van der Waals surface area contributed by atoms with Crippen LogP contribution in [-0.2, 0) is 19.5 Å². The number of imidazole rings is 1. The highest BCUT2D eigenvalue weighted by Gasteiger charge is 2.16. The molecule has 0 bridgehead atoms. The largest absolute Gasteiger partial charge is 0.256 e. The van der Waals surface area contributed by atoms with Crippen LogP contribution in [0.1, 0.15) is 168 Å². The van der Waals surface area contributed by atoms with Gasteiger partial charge < -0.3 is 0 Å². The number of aryl methyl sites for hydroxylation is 2. The Hall–Kier alpha value is -0.790. The molecule has 1 heterocycles. The van der Waals surface area contributed by atoms with E-state index >= 15 is 0 Å². The fourth-order valence-corrected chi connectivity index (χ4v) is 5.09. The van der Waals surface area contributed by atoms with Crippen molar-refractivity contribution in [3.8, 4) is 0 Å². The van der Waals surface area contributed by atoms with E-state index in [9.17, 15) is 0 Å². The Morgan fingerprint density at radius 2 is 0.939 bits per heavy atom. The smallest absolute Gasteiger partial charge is 0.234 e. The lowest BCUT2D eigenvalue weighted by atomic mass is 10.1. The maximum absolute atomic E-state index is 2.61. The minimum absolute atomic E-state index is 1.22. The van der Waals surface area contributed by atoms with Crippen LogP contribution in [0.15, 0.2) is 12.4 Å². The average molecular weight is 462 g/mol. The highest BCUT2D eigenvalue weighted by Crippen LogP contribution is 2.13. The van der Waals surface area contributed by atoms with Crippen molar-refractivity contribution >= 4 is 0 Å². The number of aromatic nitrogens is 2. The van der Waals surface area contributed by atoms with Crippen molar-refractivity contribution in [3.05, 3.63) is 18.2 Å². The van der Waals surface area contributed by atoms with E-state index in [0.29, 0.717) is 0 Å². The van der Waals surface area contributed by atoms with Crippen LogP contribution >= 0.6 is 0 Å². The summed E-state index contributed by atoms with van der Waals surface area (Å²) in [4.78, 5) is 0. The predicted molar refractivity (Wildman–Crippen MR) is 147 cm³/mol. The van der Waals surface area contributed by atoms with Crippen molar-refractivity contribution in [1.82, 2.24) is 4.57 Å². The molecule has 0 saturated heterocycles. The molecule has 0 amide bonds. The standard InChI is InChI=1S/C31H61N2/c1-4-7-10-13-16-17-19-22-25-28-33-30-29-32(27-24-21-15-12-9-6-3)31(33)26-23-20-18-14-11-8-5-2/h29-30H,4-28H2,1-3H3/q+1. The lowest BCUT2D eigenvalue weighted by molar-refractivity contribution is -0.704. The van der Waals surface area contributed by atoms with Crippen molar-refractivity contribution in [1.29, 1.82) is 0 Å². The minimum atomic E-state index is 1.22. The first-order valence-electron chi connectivity index (χ1n) is 15.4. The van der Waals surface area contributed by atoms with Crippen LogP contribution in [0.25, 0.3) is 0 Å². The number of nitrogens with zero attached hydrogens (tertiary/aromatic N) is 2. The van der Waals surface area contributed by atoms with Gasteiger partial charge in [-0.2, -0.15) is 0 Å². The van der Waals surface area contributed by atoms with Crippen LogP contribution in [0.3, 0.4) is 0 Å². The Labute approximate surface area is 208 Å². The minimum Gasteiger partial charge on any atom is -0.234 e. The van der Waals surface area contributed by atoms with Gasteiger partial charge in [0.25, 0.3) is 5.82 Å². The SMILES string of the molecule is CCCCCCCCCCC[n+]1ccn(CCCCCCCC)c1CCCCCCCCC. The highest BCUT2D eigenvalue weighted by atomic mass is 15.1. The van der Waals surface area contributed by atoms with Gasteiger partial charge in [-0.1, -0.05) is 130 Å². The summed E-state index contributed by atoms with van der Waals surface area (Å²) in [5.41, 5.74) is 0. The van der Waals surface area contributed by atoms with E-state index in [1.807, 2.05) is 0 Å². The third kappa shape index (κ3) is 16.5. The van der Waals surface area contributed by atoms with Crippen molar-refractivity contribution in [2.75, 3.05) is 0 Å². The summed E-state index contributed by atoms with van der Waals surface area (Å²) in [5.74, 6) is 1.61. The molecule has 2 heteroatoms. The van der Waals surface area contributed by atoms with Gasteiger partial charge in [0.2, 0.25) is 0 Å². The molecule has 33 heavy (non-hydrogen) atoms. The summed E-state index contributed by atoms with van der Waals surface area (Å²) < 4.78 is 5.21. The second-order valence-corrected chi connectivity index (χ2v) is 10.6. The maximum atomic E-state index is 2.61. The topological polar surface area (TPSA) is 8.81 Å². The van der Waals surface area contributed by atoms with Crippen LogP contribution in [0.5, 0.6) is 0 Å². The molecule has 0 aliphatic carbocycles. The zero-order valence-corrected chi connectivity index (χ0v) is 23.2. The van der Waals surface area contributed by atoms with Gasteiger partial charge in [0.15, 0.2) is 0 Å². The highest BCUT2D eigenvalue weighted by molar-refractivity contribution is 4.84. The van der Waals surface area contributed by atoms with Gasteiger partial charge >= 0.3 is 0 Å². The molecule has 1 rings (SSSR count). The molecule has 0 saturated carbocycles. The Morgan fingerprint density at radius 3 is 1.45 bits per heavy atom. The van der Waals surface area contributed by atoms with Gasteiger partial charge in [0.05, 0.1) is 13.1 Å². The molecule has 2 nitrogen and oxygen atoms in total. The van der Waals surface area contributed by atoms with E-state index in [-0.39, 0.29) is 0 Å². The lowest BCUT2D eigenvalue weighted by Crippen LogP contribution is -2.37. The van der Waals surface area contributed by atoms with Gasteiger partial charge in [-0.25, -0.2) is 9.13 Å². The van der Waals surface area contributed by atoms with E-state index in [1.165, 1.54) is 161 Å². The van der Waals surface area contributed by atoms with Crippen LogP contribution in [-0.4, -0.2) is 4.57 Å². The first kappa shape index (κ1) is 30.2.